The van der Waals surface area contributed by atoms with Crippen molar-refractivity contribution in [1.29, 1.82) is 0 Å². The SMILES string of the molecule is CC(CN1CCN(c2ncccn2)CC1)NC(=O)c1cc2n(n1)CCN(Cc1ccccc1Cl)C2=O. The number of carbonyl (C=O) groups is 2. The topological polar surface area (TPSA) is 99.5 Å². The summed E-state index contributed by atoms with van der Waals surface area (Å²) in [4.78, 5) is 40.8. The molecule has 0 spiro atoms. The average molecular weight is 509 g/mol. The van der Waals surface area contributed by atoms with Crippen LogP contribution in [0.25, 0.3) is 0 Å². The summed E-state index contributed by atoms with van der Waals surface area (Å²) in [6, 6.07) is 10.8. The van der Waals surface area contributed by atoms with Gasteiger partial charge in [0, 0.05) is 75.3 Å². The molecule has 1 saturated heterocycles. The van der Waals surface area contributed by atoms with Crippen LogP contribution in [0, 0.1) is 0 Å². The largest absolute Gasteiger partial charge is 0.347 e. The number of carbonyl (C=O) groups excluding carboxylic acids is 2. The standard InChI is InChI=1S/C25H29ClN8O2/c1-18(16-31-9-11-32(12-10-31)25-27-7-4-8-28-25)29-23(35)21-15-22-24(36)33(13-14-34(22)30-21)17-19-5-2-3-6-20(19)26/h2-8,15,18H,9-14,16-17H2,1H3,(H,29,35). The fraction of sp³-hybridized carbons (Fsp3) is 0.400. The number of hydrogen-bond acceptors (Lipinski definition) is 7. The molecule has 10 nitrogen and oxygen atoms in total. The molecule has 5 rings (SSSR count). The Balaban J connectivity index is 1.14. The van der Waals surface area contributed by atoms with Gasteiger partial charge in [0.2, 0.25) is 5.95 Å². The van der Waals surface area contributed by atoms with Crippen LogP contribution in [0.1, 0.15) is 33.5 Å². The summed E-state index contributed by atoms with van der Waals surface area (Å²) < 4.78 is 1.62. The van der Waals surface area contributed by atoms with Crippen molar-refractivity contribution in [2.45, 2.75) is 26.1 Å². The van der Waals surface area contributed by atoms with Crippen molar-refractivity contribution in [3.8, 4) is 0 Å². The molecule has 188 valence electrons. The number of hydrogen-bond donors (Lipinski definition) is 1. The van der Waals surface area contributed by atoms with E-state index in [4.69, 9.17) is 11.6 Å². The van der Waals surface area contributed by atoms with Gasteiger partial charge in [-0.15, -0.1) is 0 Å². The van der Waals surface area contributed by atoms with Crippen molar-refractivity contribution in [1.82, 2.24) is 34.9 Å². The van der Waals surface area contributed by atoms with Gasteiger partial charge in [0.15, 0.2) is 5.69 Å². The highest BCUT2D eigenvalue weighted by atomic mass is 35.5. The fourth-order valence-corrected chi connectivity index (χ4v) is 4.84. The minimum atomic E-state index is -0.272. The normalized spacial score (nSPS) is 17.1. The van der Waals surface area contributed by atoms with E-state index in [0.717, 1.165) is 44.2 Å². The Morgan fingerprint density at radius 3 is 2.56 bits per heavy atom. The molecule has 36 heavy (non-hydrogen) atoms. The molecule has 2 amide bonds. The summed E-state index contributed by atoms with van der Waals surface area (Å²) in [7, 11) is 0. The number of halogens is 1. The Labute approximate surface area is 214 Å². The minimum absolute atomic E-state index is 0.0665. The van der Waals surface area contributed by atoms with E-state index < -0.39 is 0 Å². The first-order valence-electron chi connectivity index (χ1n) is 12.1. The number of anilines is 1. The lowest BCUT2D eigenvalue weighted by molar-refractivity contribution is 0.0683. The molecule has 2 aromatic heterocycles. The summed E-state index contributed by atoms with van der Waals surface area (Å²) in [5.74, 6) is 0.328. The van der Waals surface area contributed by atoms with Gasteiger partial charge >= 0.3 is 0 Å². The molecule has 1 aromatic carbocycles. The van der Waals surface area contributed by atoms with Gasteiger partial charge < -0.3 is 15.1 Å². The van der Waals surface area contributed by atoms with Crippen LogP contribution >= 0.6 is 11.6 Å². The molecule has 11 heteroatoms. The molecule has 1 fully saturated rings. The van der Waals surface area contributed by atoms with Gasteiger partial charge in [-0.05, 0) is 24.6 Å². The third kappa shape index (κ3) is 5.34. The van der Waals surface area contributed by atoms with Crippen molar-refractivity contribution in [3.63, 3.8) is 0 Å². The van der Waals surface area contributed by atoms with E-state index in [0.29, 0.717) is 30.4 Å². The minimum Gasteiger partial charge on any atom is -0.347 e. The lowest BCUT2D eigenvalue weighted by Gasteiger charge is -2.35. The summed E-state index contributed by atoms with van der Waals surface area (Å²) in [5.41, 5.74) is 1.57. The third-order valence-electron chi connectivity index (χ3n) is 6.54. The van der Waals surface area contributed by atoms with E-state index >= 15 is 0 Å². The van der Waals surface area contributed by atoms with Crippen LogP contribution in [0.3, 0.4) is 0 Å². The van der Waals surface area contributed by atoms with Crippen LogP contribution < -0.4 is 10.2 Å². The number of rotatable bonds is 7. The molecule has 0 aliphatic carbocycles. The van der Waals surface area contributed by atoms with Gasteiger partial charge in [0.25, 0.3) is 11.8 Å². The highest BCUT2D eigenvalue weighted by Crippen LogP contribution is 2.21. The zero-order valence-electron chi connectivity index (χ0n) is 20.2. The Kier molecular flexibility index (Phi) is 7.15. The summed E-state index contributed by atoms with van der Waals surface area (Å²) in [5, 5.41) is 8.06. The highest BCUT2D eigenvalue weighted by Gasteiger charge is 2.29. The molecule has 1 atom stereocenters. The van der Waals surface area contributed by atoms with Gasteiger partial charge in [0.05, 0.1) is 6.54 Å². The zero-order valence-corrected chi connectivity index (χ0v) is 20.9. The lowest BCUT2D eigenvalue weighted by Crippen LogP contribution is -2.51. The predicted octanol–water partition coefficient (Wildman–Crippen LogP) is 1.92. The van der Waals surface area contributed by atoms with Crippen LogP contribution in [-0.4, -0.2) is 86.7 Å². The quantitative estimate of drug-likeness (QED) is 0.520. The van der Waals surface area contributed by atoms with E-state index in [1.54, 1.807) is 28.0 Å². The van der Waals surface area contributed by atoms with Gasteiger partial charge in [-0.1, -0.05) is 29.8 Å². The van der Waals surface area contributed by atoms with Crippen LogP contribution in [-0.2, 0) is 13.1 Å². The molecule has 1 unspecified atom stereocenters. The Morgan fingerprint density at radius 2 is 1.81 bits per heavy atom. The molecule has 4 heterocycles. The number of fused-ring (bicyclic) bond motifs is 1. The Bertz CT molecular complexity index is 1230. The van der Waals surface area contributed by atoms with E-state index in [1.165, 1.54) is 0 Å². The van der Waals surface area contributed by atoms with E-state index in [2.05, 4.69) is 30.2 Å². The average Bonchev–Trinajstić information content (AvgIpc) is 3.33. The molecule has 0 radical (unpaired) electrons. The van der Waals surface area contributed by atoms with Crippen molar-refractivity contribution in [3.05, 3.63) is 70.8 Å². The smallest absolute Gasteiger partial charge is 0.272 e. The number of amides is 2. The van der Waals surface area contributed by atoms with Crippen LogP contribution in [0.2, 0.25) is 5.02 Å². The maximum Gasteiger partial charge on any atom is 0.272 e. The number of nitrogens with one attached hydrogen (secondary N) is 1. The molecular weight excluding hydrogens is 480 g/mol. The number of aromatic nitrogens is 4. The molecule has 1 N–H and O–H groups in total. The van der Waals surface area contributed by atoms with Gasteiger partial charge in [-0.25, -0.2) is 9.97 Å². The summed E-state index contributed by atoms with van der Waals surface area (Å²) >= 11 is 6.27. The number of benzene rings is 1. The molecule has 0 bridgehead atoms. The Hall–Kier alpha value is -3.50. The van der Waals surface area contributed by atoms with Crippen molar-refractivity contribution in [2.24, 2.45) is 0 Å². The maximum atomic E-state index is 13.1. The molecule has 0 saturated carbocycles. The maximum absolute atomic E-state index is 13.1. The van der Waals surface area contributed by atoms with Crippen molar-refractivity contribution < 1.29 is 9.59 Å². The molecular formula is C25H29ClN8O2. The Morgan fingerprint density at radius 1 is 1.06 bits per heavy atom. The van der Waals surface area contributed by atoms with Crippen molar-refractivity contribution in [2.75, 3.05) is 44.2 Å². The number of piperazine rings is 1. The fourth-order valence-electron chi connectivity index (χ4n) is 4.65. The molecule has 2 aliphatic rings. The second kappa shape index (κ2) is 10.6. The lowest BCUT2D eigenvalue weighted by atomic mass is 10.2. The number of nitrogens with zero attached hydrogens (tertiary/aromatic N) is 7. The predicted molar refractivity (Wildman–Crippen MR) is 136 cm³/mol. The first kappa shape index (κ1) is 24.2. The molecule has 3 aromatic rings. The zero-order chi connectivity index (χ0) is 25.1. The molecule has 2 aliphatic heterocycles. The monoisotopic (exact) mass is 508 g/mol. The second-order valence-electron chi connectivity index (χ2n) is 9.17. The van der Waals surface area contributed by atoms with Gasteiger partial charge in [-0.2, -0.15) is 5.10 Å². The van der Waals surface area contributed by atoms with E-state index in [-0.39, 0.29) is 23.6 Å². The van der Waals surface area contributed by atoms with Crippen molar-refractivity contribution >= 4 is 29.4 Å². The van der Waals surface area contributed by atoms with Gasteiger partial charge in [-0.3, -0.25) is 19.2 Å². The van der Waals surface area contributed by atoms with Crippen LogP contribution in [0.15, 0.2) is 48.8 Å². The third-order valence-corrected chi connectivity index (χ3v) is 6.91. The second-order valence-corrected chi connectivity index (χ2v) is 9.57. The highest BCUT2D eigenvalue weighted by molar-refractivity contribution is 6.31. The van der Waals surface area contributed by atoms with Gasteiger partial charge in [0.1, 0.15) is 5.69 Å². The summed E-state index contributed by atoms with van der Waals surface area (Å²) in [6.07, 6.45) is 3.51. The first-order chi connectivity index (χ1) is 17.5. The van der Waals surface area contributed by atoms with E-state index in [1.807, 2.05) is 37.3 Å². The van der Waals surface area contributed by atoms with Crippen LogP contribution in [0.5, 0.6) is 0 Å². The van der Waals surface area contributed by atoms with E-state index in [9.17, 15) is 9.59 Å². The summed E-state index contributed by atoms with van der Waals surface area (Å²) in [6.45, 7) is 7.59. The van der Waals surface area contributed by atoms with Crippen LogP contribution in [0.4, 0.5) is 5.95 Å². The first-order valence-corrected chi connectivity index (χ1v) is 12.5.